The van der Waals surface area contributed by atoms with Gasteiger partial charge in [0.05, 0.1) is 6.26 Å². The first-order chi connectivity index (χ1) is 9.72. The van der Waals surface area contributed by atoms with Crippen molar-refractivity contribution in [2.75, 3.05) is 5.32 Å². The molecule has 3 aromatic rings. The van der Waals surface area contributed by atoms with E-state index in [1.165, 1.54) is 11.8 Å². The lowest BCUT2D eigenvalue weighted by Crippen LogP contribution is -2.10. The fraction of sp³-hybridized carbons (Fsp3) is 0.0714. The third-order valence-corrected chi connectivity index (χ3v) is 3.33. The number of nitrogens with zero attached hydrogens (tertiary/aromatic N) is 2. The molecular formula is C14H11N3O2S. The topological polar surface area (TPSA) is 68.0 Å². The Morgan fingerprint density at radius 3 is 2.75 bits per heavy atom. The van der Waals surface area contributed by atoms with Crippen molar-refractivity contribution in [2.45, 2.75) is 6.92 Å². The second kappa shape index (κ2) is 5.26. The second-order valence-corrected chi connectivity index (χ2v) is 4.97. The number of aromatic nitrogens is 2. The minimum absolute atomic E-state index is 0.247. The maximum absolute atomic E-state index is 11.8. The van der Waals surface area contributed by atoms with Gasteiger partial charge in [-0.3, -0.25) is 10.1 Å². The molecule has 0 unspecified atom stereocenters. The number of hydrogen-bond acceptors (Lipinski definition) is 5. The lowest BCUT2D eigenvalue weighted by molar-refractivity contribution is 0.0996. The maximum atomic E-state index is 11.8. The molecule has 6 heteroatoms. The number of carbonyl (C=O) groups is 1. The van der Waals surface area contributed by atoms with Crippen LogP contribution < -0.4 is 5.32 Å². The van der Waals surface area contributed by atoms with Crippen molar-refractivity contribution in [1.29, 1.82) is 0 Å². The van der Waals surface area contributed by atoms with E-state index in [9.17, 15) is 4.79 Å². The van der Waals surface area contributed by atoms with Gasteiger partial charge in [0.1, 0.15) is 0 Å². The zero-order valence-electron chi connectivity index (χ0n) is 10.7. The first-order valence-electron chi connectivity index (χ1n) is 5.98. The molecule has 0 aliphatic carbocycles. The normalized spacial score (nSPS) is 10.4. The largest absolute Gasteiger partial charge is 0.459 e. The van der Waals surface area contributed by atoms with Crippen LogP contribution in [-0.2, 0) is 0 Å². The Morgan fingerprint density at radius 1 is 1.25 bits per heavy atom. The van der Waals surface area contributed by atoms with Gasteiger partial charge in [0.2, 0.25) is 5.13 Å². The molecular weight excluding hydrogens is 274 g/mol. The summed E-state index contributed by atoms with van der Waals surface area (Å²) < 4.78 is 9.25. The van der Waals surface area contributed by atoms with Crippen molar-refractivity contribution >= 4 is 22.6 Å². The Balaban J connectivity index is 1.77. The summed E-state index contributed by atoms with van der Waals surface area (Å²) in [6.07, 6.45) is 1.45. The Bertz CT molecular complexity index is 717. The van der Waals surface area contributed by atoms with Gasteiger partial charge >= 0.3 is 0 Å². The zero-order valence-corrected chi connectivity index (χ0v) is 11.5. The minimum Gasteiger partial charge on any atom is -0.459 e. The highest BCUT2D eigenvalue weighted by Gasteiger charge is 2.12. The number of benzene rings is 1. The quantitative estimate of drug-likeness (QED) is 0.801. The molecule has 3 rings (SSSR count). The molecule has 0 aliphatic heterocycles. The monoisotopic (exact) mass is 285 g/mol. The minimum atomic E-state index is -0.332. The standard InChI is InChI=1S/C14H11N3O2S/c1-9-4-6-10(7-5-9)12-15-14(20-17-12)16-13(18)11-3-2-8-19-11/h2-8H,1H3,(H,15,16,17,18). The SMILES string of the molecule is Cc1ccc(-c2nsc(NC(=O)c3ccco3)n2)cc1. The van der Waals surface area contributed by atoms with Crippen molar-refractivity contribution < 1.29 is 9.21 Å². The number of nitrogens with one attached hydrogen (secondary N) is 1. The molecule has 2 heterocycles. The summed E-state index contributed by atoms with van der Waals surface area (Å²) in [5.41, 5.74) is 2.10. The van der Waals surface area contributed by atoms with Crippen LogP contribution in [0.5, 0.6) is 0 Å². The summed E-state index contributed by atoms with van der Waals surface area (Å²) in [5, 5.41) is 3.10. The summed E-state index contributed by atoms with van der Waals surface area (Å²) >= 11 is 1.14. The van der Waals surface area contributed by atoms with E-state index in [0.717, 1.165) is 17.1 Å². The van der Waals surface area contributed by atoms with Crippen LogP contribution in [-0.4, -0.2) is 15.3 Å². The predicted octanol–water partition coefficient (Wildman–Crippen LogP) is 3.36. The summed E-state index contributed by atoms with van der Waals surface area (Å²) in [5.74, 6) is 0.517. The molecule has 100 valence electrons. The van der Waals surface area contributed by atoms with Gasteiger partial charge in [-0.15, -0.1) is 0 Å². The van der Waals surface area contributed by atoms with Gasteiger partial charge in [0.15, 0.2) is 11.6 Å². The van der Waals surface area contributed by atoms with E-state index in [1.54, 1.807) is 12.1 Å². The highest BCUT2D eigenvalue weighted by atomic mass is 32.1. The molecule has 0 aliphatic rings. The van der Waals surface area contributed by atoms with E-state index in [-0.39, 0.29) is 11.7 Å². The molecule has 1 amide bonds. The predicted molar refractivity (Wildman–Crippen MR) is 76.7 cm³/mol. The van der Waals surface area contributed by atoms with Gasteiger partial charge in [0.25, 0.3) is 5.91 Å². The summed E-state index contributed by atoms with van der Waals surface area (Å²) in [4.78, 5) is 16.1. The molecule has 5 nitrogen and oxygen atoms in total. The number of amides is 1. The lowest BCUT2D eigenvalue weighted by atomic mass is 10.1. The van der Waals surface area contributed by atoms with Gasteiger partial charge in [-0.05, 0) is 19.1 Å². The van der Waals surface area contributed by atoms with Gasteiger partial charge < -0.3 is 4.42 Å². The Morgan fingerprint density at radius 2 is 2.05 bits per heavy atom. The van der Waals surface area contributed by atoms with Crippen LogP contribution in [0.3, 0.4) is 0 Å². The van der Waals surface area contributed by atoms with Gasteiger partial charge in [-0.25, -0.2) is 0 Å². The van der Waals surface area contributed by atoms with Gasteiger partial charge in [-0.1, -0.05) is 29.8 Å². The van der Waals surface area contributed by atoms with Crippen molar-refractivity contribution in [3.63, 3.8) is 0 Å². The molecule has 0 saturated carbocycles. The first kappa shape index (κ1) is 12.6. The van der Waals surface area contributed by atoms with E-state index >= 15 is 0 Å². The van der Waals surface area contributed by atoms with Crippen LogP contribution in [0.2, 0.25) is 0 Å². The van der Waals surface area contributed by atoms with Crippen LogP contribution in [0.25, 0.3) is 11.4 Å². The van der Waals surface area contributed by atoms with Crippen LogP contribution in [0.4, 0.5) is 5.13 Å². The average Bonchev–Trinajstić information content (AvgIpc) is 3.10. The van der Waals surface area contributed by atoms with E-state index < -0.39 is 0 Å². The van der Waals surface area contributed by atoms with Crippen LogP contribution in [0.15, 0.2) is 47.1 Å². The van der Waals surface area contributed by atoms with Crippen LogP contribution >= 0.6 is 11.5 Å². The molecule has 1 aromatic carbocycles. The van der Waals surface area contributed by atoms with Gasteiger partial charge in [-0.2, -0.15) is 9.36 Å². The summed E-state index contributed by atoms with van der Waals surface area (Å²) in [6, 6.07) is 11.2. The van der Waals surface area contributed by atoms with Crippen molar-refractivity contribution in [2.24, 2.45) is 0 Å². The molecule has 0 saturated heterocycles. The second-order valence-electron chi connectivity index (χ2n) is 4.22. The molecule has 0 atom stereocenters. The molecule has 0 radical (unpaired) electrons. The van der Waals surface area contributed by atoms with E-state index in [2.05, 4.69) is 14.7 Å². The molecule has 2 aromatic heterocycles. The Labute approximate surface area is 119 Å². The maximum Gasteiger partial charge on any atom is 0.293 e. The van der Waals surface area contributed by atoms with Crippen molar-refractivity contribution in [3.8, 4) is 11.4 Å². The smallest absolute Gasteiger partial charge is 0.293 e. The number of anilines is 1. The average molecular weight is 285 g/mol. The molecule has 1 N–H and O–H groups in total. The van der Waals surface area contributed by atoms with Crippen molar-refractivity contribution in [1.82, 2.24) is 9.36 Å². The number of furan rings is 1. The third kappa shape index (κ3) is 2.60. The number of carbonyl (C=O) groups excluding carboxylic acids is 1. The fourth-order valence-corrected chi connectivity index (χ4v) is 2.25. The Kier molecular flexibility index (Phi) is 3.30. The van der Waals surface area contributed by atoms with E-state index in [0.29, 0.717) is 11.0 Å². The number of rotatable bonds is 3. The van der Waals surface area contributed by atoms with Crippen molar-refractivity contribution in [3.05, 3.63) is 54.0 Å². The van der Waals surface area contributed by atoms with Crippen LogP contribution in [0.1, 0.15) is 16.1 Å². The molecule has 20 heavy (non-hydrogen) atoms. The van der Waals surface area contributed by atoms with E-state index in [1.807, 2.05) is 31.2 Å². The lowest BCUT2D eigenvalue weighted by Gasteiger charge is -1.97. The number of hydrogen-bond donors (Lipinski definition) is 1. The highest BCUT2D eigenvalue weighted by molar-refractivity contribution is 7.10. The first-order valence-corrected chi connectivity index (χ1v) is 6.75. The van der Waals surface area contributed by atoms with Crippen LogP contribution in [0, 0.1) is 6.92 Å². The Hall–Kier alpha value is -2.47. The highest BCUT2D eigenvalue weighted by Crippen LogP contribution is 2.21. The third-order valence-electron chi connectivity index (χ3n) is 2.70. The molecule has 0 fully saturated rings. The zero-order chi connectivity index (χ0) is 13.9. The summed E-state index contributed by atoms with van der Waals surface area (Å²) in [6.45, 7) is 2.02. The van der Waals surface area contributed by atoms with E-state index in [4.69, 9.17) is 4.42 Å². The fourth-order valence-electron chi connectivity index (χ4n) is 1.66. The summed E-state index contributed by atoms with van der Waals surface area (Å²) in [7, 11) is 0. The molecule has 0 bridgehead atoms. The molecule has 0 spiro atoms. The number of aryl methyl sites for hydroxylation is 1. The van der Waals surface area contributed by atoms with Gasteiger partial charge in [0, 0.05) is 17.1 Å².